The third-order valence-electron chi connectivity index (χ3n) is 3.02. The molecule has 2 rings (SSSR count). The van der Waals surface area contributed by atoms with Gasteiger partial charge in [-0.1, -0.05) is 0 Å². The van der Waals surface area contributed by atoms with E-state index in [0.717, 1.165) is 19.4 Å². The summed E-state index contributed by atoms with van der Waals surface area (Å²) in [5, 5.41) is -0.274. The Bertz CT molecular complexity index is 378. The Morgan fingerprint density at radius 1 is 1.59 bits per heavy atom. The van der Waals surface area contributed by atoms with Gasteiger partial charge in [0.2, 0.25) is 0 Å². The first-order chi connectivity index (χ1) is 8.20. The molecule has 2 unspecified atom stereocenters. The first kappa shape index (κ1) is 12.7. The van der Waals surface area contributed by atoms with Crippen LogP contribution in [-0.4, -0.2) is 19.8 Å². The van der Waals surface area contributed by atoms with Crippen molar-refractivity contribution in [1.29, 1.82) is 0 Å². The van der Waals surface area contributed by atoms with Crippen molar-refractivity contribution in [3.63, 3.8) is 0 Å². The lowest BCUT2D eigenvalue weighted by molar-refractivity contribution is 0.103. The fraction of sp³-hybridized carbons (Fsp3) is 0.538. The Kier molecular flexibility index (Phi) is 4.24. The van der Waals surface area contributed by atoms with Crippen molar-refractivity contribution >= 4 is 11.6 Å². The number of halogens is 2. The average Bonchev–Trinajstić information content (AvgIpc) is 2.81. The maximum atomic E-state index is 13.2. The van der Waals surface area contributed by atoms with E-state index in [1.54, 1.807) is 13.2 Å². The minimum atomic E-state index is -0.293. The van der Waals surface area contributed by atoms with Gasteiger partial charge in [-0.3, -0.25) is 0 Å². The summed E-state index contributed by atoms with van der Waals surface area (Å²) in [6, 6.07) is 4.42. The molecule has 4 heteroatoms. The summed E-state index contributed by atoms with van der Waals surface area (Å²) < 4.78 is 23.9. The Balaban J connectivity index is 2.11. The van der Waals surface area contributed by atoms with E-state index >= 15 is 0 Å². The fourth-order valence-electron chi connectivity index (χ4n) is 2.14. The van der Waals surface area contributed by atoms with Crippen LogP contribution in [-0.2, 0) is 4.74 Å². The molecule has 0 amide bonds. The van der Waals surface area contributed by atoms with Crippen molar-refractivity contribution in [3.05, 3.63) is 29.6 Å². The molecule has 0 bridgehead atoms. The second-order valence-electron chi connectivity index (χ2n) is 4.22. The van der Waals surface area contributed by atoms with Gasteiger partial charge in [-0.2, -0.15) is 0 Å². The standard InChI is InChI=1S/C13H16ClFO2/c1-16-13-5-4-9(15)7-11(13)12(14)8-10-3-2-6-17-10/h4-5,7,10,12H,2-3,6,8H2,1H3. The highest BCUT2D eigenvalue weighted by molar-refractivity contribution is 6.21. The topological polar surface area (TPSA) is 18.5 Å². The van der Waals surface area contributed by atoms with Crippen LogP contribution >= 0.6 is 11.6 Å². The Labute approximate surface area is 106 Å². The number of alkyl halides is 1. The van der Waals surface area contributed by atoms with E-state index in [2.05, 4.69) is 0 Å². The number of methoxy groups -OCH3 is 1. The zero-order valence-electron chi connectivity index (χ0n) is 9.79. The molecule has 1 fully saturated rings. The summed E-state index contributed by atoms with van der Waals surface area (Å²) in [6.45, 7) is 0.800. The maximum absolute atomic E-state index is 13.2. The molecule has 0 radical (unpaired) electrons. The van der Waals surface area contributed by atoms with Crippen molar-refractivity contribution in [1.82, 2.24) is 0 Å². The van der Waals surface area contributed by atoms with Gasteiger partial charge >= 0.3 is 0 Å². The molecule has 0 saturated carbocycles. The minimum Gasteiger partial charge on any atom is -0.496 e. The first-order valence-corrected chi connectivity index (χ1v) is 6.23. The van der Waals surface area contributed by atoms with E-state index in [0.29, 0.717) is 17.7 Å². The van der Waals surface area contributed by atoms with Crippen LogP contribution in [0.4, 0.5) is 4.39 Å². The summed E-state index contributed by atoms with van der Waals surface area (Å²) >= 11 is 6.32. The van der Waals surface area contributed by atoms with Gasteiger partial charge in [0.15, 0.2) is 0 Å². The lowest BCUT2D eigenvalue weighted by Crippen LogP contribution is -2.09. The number of benzene rings is 1. The van der Waals surface area contributed by atoms with Gasteiger partial charge in [0.25, 0.3) is 0 Å². The number of hydrogen-bond donors (Lipinski definition) is 0. The molecule has 0 spiro atoms. The molecule has 0 N–H and O–H groups in total. The van der Waals surface area contributed by atoms with E-state index in [4.69, 9.17) is 21.1 Å². The monoisotopic (exact) mass is 258 g/mol. The number of ether oxygens (including phenoxy) is 2. The smallest absolute Gasteiger partial charge is 0.123 e. The minimum absolute atomic E-state index is 0.186. The van der Waals surface area contributed by atoms with Gasteiger partial charge in [-0.15, -0.1) is 11.6 Å². The molecule has 17 heavy (non-hydrogen) atoms. The Morgan fingerprint density at radius 2 is 2.41 bits per heavy atom. The third-order valence-corrected chi connectivity index (χ3v) is 3.44. The quantitative estimate of drug-likeness (QED) is 0.767. The molecule has 1 heterocycles. The van der Waals surface area contributed by atoms with Crippen LogP contribution in [0.25, 0.3) is 0 Å². The summed E-state index contributed by atoms with van der Waals surface area (Å²) in [5.74, 6) is 0.336. The summed E-state index contributed by atoms with van der Waals surface area (Å²) in [6.07, 6.45) is 2.99. The molecule has 1 aliphatic rings. The second-order valence-corrected chi connectivity index (χ2v) is 4.75. The lowest BCUT2D eigenvalue weighted by Gasteiger charge is -2.17. The highest BCUT2D eigenvalue weighted by atomic mass is 35.5. The van der Waals surface area contributed by atoms with Crippen molar-refractivity contribution in [3.8, 4) is 5.75 Å². The van der Waals surface area contributed by atoms with Crippen LogP contribution in [0.15, 0.2) is 18.2 Å². The number of rotatable bonds is 4. The van der Waals surface area contributed by atoms with Gasteiger partial charge in [-0.05, 0) is 37.5 Å². The molecular formula is C13H16ClFO2. The molecule has 1 aliphatic heterocycles. The summed E-state index contributed by atoms with van der Waals surface area (Å²) in [7, 11) is 1.56. The maximum Gasteiger partial charge on any atom is 0.123 e. The molecule has 1 saturated heterocycles. The van der Waals surface area contributed by atoms with Crippen molar-refractivity contribution in [2.45, 2.75) is 30.7 Å². The largest absolute Gasteiger partial charge is 0.496 e. The van der Waals surface area contributed by atoms with E-state index < -0.39 is 0 Å². The molecule has 1 aromatic carbocycles. The van der Waals surface area contributed by atoms with Gasteiger partial charge in [0.05, 0.1) is 18.6 Å². The Hall–Kier alpha value is -0.800. The van der Waals surface area contributed by atoms with Gasteiger partial charge in [-0.25, -0.2) is 4.39 Å². The van der Waals surface area contributed by atoms with Crippen LogP contribution in [0.3, 0.4) is 0 Å². The van der Waals surface area contributed by atoms with Crippen LogP contribution < -0.4 is 4.74 Å². The van der Waals surface area contributed by atoms with Crippen molar-refractivity contribution < 1.29 is 13.9 Å². The molecule has 0 aromatic heterocycles. The Morgan fingerprint density at radius 3 is 3.06 bits per heavy atom. The molecular weight excluding hydrogens is 243 g/mol. The normalized spacial score (nSPS) is 21.5. The molecule has 2 atom stereocenters. The van der Waals surface area contributed by atoms with Gasteiger partial charge in [0.1, 0.15) is 11.6 Å². The van der Waals surface area contributed by atoms with E-state index in [1.165, 1.54) is 12.1 Å². The van der Waals surface area contributed by atoms with Crippen molar-refractivity contribution in [2.75, 3.05) is 13.7 Å². The van der Waals surface area contributed by atoms with Gasteiger partial charge in [0, 0.05) is 12.2 Å². The van der Waals surface area contributed by atoms with E-state index in [1.807, 2.05) is 0 Å². The second kappa shape index (κ2) is 5.69. The summed E-state index contributed by atoms with van der Waals surface area (Å²) in [5.41, 5.74) is 0.699. The molecule has 1 aromatic rings. The van der Waals surface area contributed by atoms with Crippen LogP contribution in [0, 0.1) is 5.82 Å². The highest BCUT2D eigenvalue weighted by Crippen LogP contribution is 2.35. The van der Waals surface area contributed by atoms with Crippen molar-refractivity contribution in [2.24, 2.45) is 0 Å². The average molecular weight is 259 g/mol. The lowest BCUT2D eigenvalue weighted by atomic mass is 10.0. The fourth-order valence-corrected chi connectivity index (χ4v) is 2.51. The zero-order valence-corrected chi connectivity index (χ0v) is 10.5. The third kappa shape index (κ3) is 3.11. The molecule has 2 nitrogen and oxygen atoms in total. The number of hydrogen-bond acceptors (Lipinski definition) is 2. The molecule has 0 aliphatic carbocycles. The van der Waals surface area contributed by atoms with Crippen LogP contribution in [0.1, 0.15) is 30.2 Å². The first-order valence-electron chi connectivity index (χ1n) is 5.80. The molecule has 94 valence electrons. The van der Waals surface area contributed by atoms with Crippen LogP contribution in [0.2, 0.25) is 0 Å². The zero-order chi connectivity index (χ0) is 12.3. The van der Waals surface area contributed by atoms with E-state index in [-0.39, 0.29) is 17.3 Å². The predicted octanol–water partition coefficient (Wildman–Crippen LogP) is 3.68. The van der Waals surface area contributed by atoms with Crippen LogP contribution in [0.5, 0.6) is 5.75 Å². The SMILES string of the molecule is COc1ccc(F)cc1C(Cl)CC1CCCO1. The highest BCUT2D eigenvalue weighted by Gasteiger charge is 2.22. The summed E-state index contributed by atoms with van der Waals surface area (Å²) in [4.78, 5) is 0. The van der Waals surface area contributed by atoms with Gasteiger partial charge < -0.3 is 9.47 Å². The van der Waals surface area contributed by atoms with E-state index in [9.17, 15) is 4.39 Å². The predicted molar refractivity (Wildman–Crippen MR) is 65.1 cm³/mol.